The number of hydrogen-bond donors (Lipinski definition) is 1. The van der Waals surface area contributed by atoms with Gasteiger partial charge in [-0.15, -0.1) is 0 Å². The summed E-state index contributed by atoms with van der Waals surface area (Å²) in [7, 11) is 0. The van der Waals surface area contributed by atoms with Gasteiger partial charge in [-0.2, -0.15) is 0 Å². The van der Waals surface area contributed by atoms with E-state index in [1.54, 1.807) is 6.26 Å². The maximum atomic E-state index is 5.21. The Bertz CT molecular complexity index is 487. The summed E-state index contributed by atoms with van der Waals surface area (Å²) in [5, 5.41) is 3.70. The van der Waals surface area contributed by atoms with Crippen molar-refractivity contribution in [3.63, 3.8) is 0 Å². The second-order valence-corrected chi connectivity index (χ2v) is 5.93. The lowest BCUT2D eigenvalue weighted by Gasteiger charge is -2.36. The monoisotopic (exact) mass is 271 g/mol. The first-order chi connectivity index (χ1) is 9.64. The standard InChI is InChI=1S/C18H25NO/c1-4-11-19-17(13-15-10-12-20-14-15)18(2,3)16-8-6-5-7-9-16/h5-10,12,14,17,19H,4,11,13H2,1-3H3. The van der Waals surface area contributed by atoms with Gasteiger partial charge in [0, 0.05) is 11.5 Å². The number of furan rings is 1. The van der Waals surface area contributed by atoms with Gasteiger partial charge in [-0.05, 0) is 36.6 Å². The summed E-state index contributed by atoms with van der Waals surface area (Å²) < 4.78 is 5.21. The predicted molar refractivity (Wildman–Crippen MR) is 84.0 cm³/mol. The normalized spacial score (nSPS) is 13.3. The largest absolute Gasteiger partial charge is 0.472 e. The molecule has 0 aliphatic carbocycles. The van der Waals surface area contributed by atoms with Crippen molar-refractivity contribution >= 4 is 0 Å². The number of rotatable bonds is 7. The molecule has 0 amide bonds. The van der Waals surface area contributed by atoms with Crippen molar-refractivity contribution in [3.8, 4) is 0 Å². The lowest BCUT2D eigenvalue weighted by atomic mass is 9.75. The van der Waals surface area contributed by atoms with E-state index in [-0.39, 0.29) is 5.41 Å². The summed E-state index contributed by atoms with van der Waals surface area (Å²) in [6.45, 7) is 7.88. The fraction of sp³-hybridized carbons (Fsp3) is 0.444. The Kier molecular flexibility index (Phi) is 5.02. The van der Waals surface area contributed by atoms with Crippen molar-refractivity contribution in [2.24, 2.45) is 0 Å². The van der Waals surface area contributed by atoms with Crippen molar-refractivity contribution in [2.75, 3.05) is 6.54 Å². The van der Waals surface area contributed by atoms with Crippen LogP contribution in [0.3, 0.4) is 0 Å². The van der Waals surface area contributed by atoms with Crippen LogP contribution in [0.4, 0.5) is 0 Å². The first-order valence-corrected chi connectivity index (χ1v) is 7.44. The average Bonchev–Trinajstić information content (AvgIpc) is 2.97. The van der Waals surface area contributed by atoms with Gasteiger partial charge in [-0.1, -0.05) is 51.1 Å². The van der Waals surface area contributed by atoms with E-state index >= 15 is 0 Å². The van der Waals surface area contributed by atoms with E-state index in [1.807, 2.05) is 6.26 Å². The molecule has 0 spiro atoms. The smallest absolute Gasteiger partial charge is 0.0935 e. The summed E-state index contributed by atoms with van der Waals surface area (Å²) in [6.07, 6.45) is 5.73. The summed E-state index contributed by atoms with van der Waals surface area (Å²) in [5.41, 5.74) is 2.70. The van der Waals surface area contributed by atoms with Crippen LogP contribution >= 0.6 is 0 Å². The molecule has 0 bridgehead atoms. The van der Waals surface area contributed by atoms with Crippen LogP contribution in [0.5, 0.6) is 0 Å². The minimum Gasteiger partial charge on any atom is -0.472 e. The molecule has 2 heteroatoms. The average molecular weight is 271 g/mol. The molecule has 0 saturated heterocycles. The summed E-state index contributed by atoms with van der Waals surface area (Å²) in [6, 6.07) is 13.2. The summed E-state index contributed by atoms with van der Waals surface area (Å²) in [5.74, 6) is 0. The van der Waals surface area contributed by atoms with Crippen LogP contribution in [0.15, 0.2) is 53.3 Å². The maximum Gasteiger partial charge on any atom is 0.0935 e. The van der Waals surface area contributed by atoms with Crippen molar-refractivity contribution in [1.29, 1.82) is 0 Å². The van der Waals surface area contributed by atoms with Gasteiger partial charge in [0.15, 0.2) is 0 Å². The molecule has 2 nitrogen and oxygen atoms in total. The molecule has 1 aromatic heterocycles. The number of hydrogen-bond acceptors (Lipinski definition) is 2. The fourth-order valence-corrected chi connectivity index (χ4v) is 2.61. The van der Waals surface area contributed by atoms with Gasteiger partial charge in [0.25, 0.3) is 0 Å². The van der Waals surface area contributed by atoms with Crippen LogP contribution in [0, 0.1) is 0 Å². The molecule has 1 N–H and O–H groups in total. The van der Waals surface area contributed by atoms with Crippen molar-refractivity contribution < 1.29 is 4.42 Å². The molecule has 0 aliphatic heterocycles. The molecule has 0 saturated carbocycles. The Morgan fingerprint density at radius 2 is 1.90 bits per heavy atom. The fourth-order valence-electron chi connectivity index (χ4n) is 2.61. The van der Waals surface area contributed by atoms with E-state index < -0.39 is 0 Å². The van der Waals surface area contributed by atoms with Gasteiger partial charge < -0.3 is 9.73 Å². The third-order valence-electron chi connectivity index (χ3n) is 4.05. The zero-order valence-corrected chi connectivity index (χ0v) is 12.7. The molecule has 108 valence electrons. The Morgan fingerprint density at radius 3 is 2.50 bits per heavy atom. The molecular weight excluding hydrogens is 246 g/mol. The summed E-state index contributed by atoms with van der Waals surface area (Å²) >= 11 is 0. The van der Waals surface area contributed by atoms with Gasteiger partial charge >= 0.3 is 0 Å². The van der Waals surface area contributed by atoms with Crippen molar-refractivity contribution in [1.82, 2.24) is 5.32 Å². The number of nitrogens with one attached hydrogen (secondary N) is 1. The third-order valence-corrected chi connectivity index (χ3v) is 4.05. The zero-order chi connectivity index (χ0) is 14.4. The highest BCUT2D eigenvalue weighted by molar-refractivity contribution is 5.27. The third kappa shape index (κ3) is 3.51. The van der Waals surface area contributed by atoms with Gasteiger partial charge in [0.1, 0.15) is 0 Å². The molecule has 1 unspecified atom stereocenters. The predicted octanol–water partition coefficient (Wildman–Crippen LogP) is 4.17. The van der Waals surface area contributed by atoms with Crippen LogP contribution in [-0.2, 0) is 11.8 Å². The van der Waals surface area contributed by atoms with E-state index in [0.717, 1.165) is 19.4 Å². The molecule has 1 aromatic carbocycles. The highest BCUT2D eigenvalue weighted by atomic mass is 16.3. The van der Waals surface area contributed by atoms with E-state index in [9.17, 15) is 0 Å². The van der Waals surface area contributed by atoms with Crippen molar-refractivity contribution in [2.45, 2.75) is 45.1 Å². The molecule has 0 radical (unpaired) electrons. The molecular formula is C18H25NO. The van der Waals surface area contributed by atoms with E-state index in [4.69, 9.17) is 4.42 Å². The first kappa shape index (κ1) is 14.9. The van der Waals surface area contributed by atoms with E-state index in [2.05, 4.69) is 62.5 Å². The van der Waals surface area contributed by atoms with Gasteiger partial charge in [-0.3, -0.25) is 0 Å². The minimum atomic E-state index is 0.0771. The van der Waals surface area contributed by atoms with Crippen LogP contribution in [0.1, 0.15) is 38.3 Å². The highest BCUT2D eigenvalue weighted by Gasteiger charge is 2.30. The molecule has 2 rings (SSSR count). The SMILES string of the molecule is CCCNC(Cc1ccoc1)C(C)(C)c1ccccc1. The molecule has 1 atom stereocenters. The maximum absolute atomic E-state index is 5.21. The zero-order valence-electron chi connectivity index (χ0n) is 12.7. The Balaban J connectivity index is 2.20. The van der Waals surface area contributed by atoms with Crippen LogP contribution in [0.25, 0.3) is 0 Å². The number of benzene rings is 1. The molecule has 1 heterocycles. The minimum absolute atomic E-state index is 0.0771. The Labute approximate surface area is 122 Å². The van der Waals surface area contributed by atoms with Crippen molar-refractivity contribution in [3.05, 3.63) is 60.1 Å². The van der Waals surface area contributed by atoms with Crippen LogP contribution in [0.2, 0.25) is 0 Å². The van der Waals surface area contributed by atoms with Gasteiger partial charge in [0.2, 0.25) is 0 Å². The second-order valence-electron chi connectivity index (χ2n) is 5.93. The van der Waals surface area contributed by atoms with Gasteiger partial charge in [-0.25, -0.2) is 0 Å². The first-order valence-electron chi connectivity index (χ1n) is 7.44. The topological polar surface area (TPSA) is 25.2 Å². The van der Waals surface area contributed by atoms with E-state index in [1.165, 1.54) is 11.1 Å². The van der Waals surface area contributed by atoms with Crippen LogP contribution in [-0.4, -0.2) is 12.6 Å². The quantitative estimate of drug-likeness (QED) is 0.817. The van der Waals surface area contributed by atoms with Crippen LogP contribution < -0.4 is 5.32 Å². The Hall–Kier alpha value is -1.54. The molecule has 0 fully saturated rings. The lowest BCUT2D eigenvalue weighted by Crippen LogP contribution is -2.46. The molecule has 2 aromatic rings. The highest BCUT2D eigenvalue weighted by Crippen LogP contribution is 2.29. The molecule has 0 aliphatic rings. The summed E-state index contributed by atoms with van der Waals surface area (Å²) in [4.78, 5) is 0. The second kappa shape index (κ2) is 6.76. The van der Waals surface area contributed by atoms with E-state index in [0.29, 0.717) is 6.04 Å². The van der Waals surface area contributed by atoms with Gasteiger partial charge in [0.05, 0.1) is 12.5 Å². The lowest BCUT2D eigenvalue weighted by molar-refractivity contribution is 0.337. The Morgan fingerprint density at radius 1 is 1.15 bits per heavy atom. The molecule has 20 heavy (non-hydrogen) atoms.